The van der Waals surface area contributed by atoms with Crippen LogP contribution in [-0.2, 0) is 0 Å². The lowest BCUT2D eigenvalue weighted by Crippen LogP contribution is -2.21. The van der Waals surface area contributed by atoms with Crippen LogP contribution in [0.4, 0.5) is 0 Å². The van der Waals surface area contributed by atoms with Gasteiger partial charge in [0.05, 0.1) is 18.6 Å². The lowest BCUT2D eigenvalue weighted by molar-refractivity contribution is 0.176. The van der Waals surface area contributed by atoms with E-state index >= 15 is 0 Å². The van der Waals surface area contributed by atoms with E-state index in [0.29, 0.717) is 5.92 Å². The second-order valence-electron chi connectivity index (χ2n) is 6.14. The van der Waals surface area contributed by atoms with E-state index in [1.54, 1.807) is 6.33 Å². The maximum Gasteiger partial charge on any atom is 0.128 e. The summed E-state index contributed by atoms with van der Waals surface area (Å²) < 4.78 is 6.12. The van der Waals surface area contributed by atoms with Crippen LogP contribution in [0.5, 0.6) is 5.75 Å². The molecule has 1 aromatic heterocycles. The molecule has 1 saturated carbocycles. The molecule has 112 valence electrons. The monoisotopic (exact) mass is 284 g/mol. The van der Waals surface area contributed by atoms with Gasteiger partial charge in [-0.15, -0.1) is 0 Å². The fourth-order valence-corrected chi connectivity index (χ4v) is 3.27. The third-order valence-electron chi connectivity index (χ3n) is 4.62. The number of aromatic nitrogens is 2. The first-order valence-electron chi connectivity index (χ1n) is 8.05. The molecule has 1 atom stereocenters. The van der Waals surface area contributed by atoms with Gasteiger partial charge >= 0.3 is 0 Å². The van der Waals surface area contributed by atoms with Crippen molar-refractivity contribution in [3.05, 3.63) is 36.8 Å². The minimum absolute atomic E-state index is 0.623. The molecule has 3 heteroatoms. The minimum atomic E-state index is 0.623. The quantitative estimate of drug-likeness (QED) is 0.866. The van der Waals surface area contributed by atoms with Crippen molar-refractivity contribution < 1.29 is 4.74 Å². The molecular weight excluding hydrogens is 260 g/mol. The van der Waals surface area contributed by atoms with Crippen molar-refractivity contribution in [2.24, 2.45) is 11.8 Å². The largest absolute Gasteiger partial charge is 0.493 e. The molecule has 0 radical (unpaired) electrons. The van der Waals surface area contributed by atoms with Gasteiger partial charge in [-0.1, -0.05) is 51.2 Å². The van der Waals surface area contributed by atoms with Gasteiger partial charge < -0.3 is 9.72 Å². The number of rotatable bonds is 5. The molecule has 1 aromatic carbocycles. The van der Waals surface area contributed by atoms with Crippen LogP contribution >= 0.6 is 0 Å². The number of nitrogens with one attached hydrogen (secondary N) is 1. The van der Waals surface area contributed by atoms with Gasteiger partial charge in [-0.05, 0) is 24.0 Å². The van der Waals surface area contributed by atoms with E-state index in [9.17, 15) is 0 Å². The Morgan fingerprint density at radius 2 is 2.05 bits per heavy atom. The summed E-state index contributed by atoms with van der Waals surface area (Å²) in [5.41, 5.74) is 2.01. The maximum atomic E-state index is 6.12. The van der Waals surface area contributed by atoms with Crippen LogP contribution in [0.3, 0.4) is 0 Å². The van der Waals surface area contributed by atoms with E-state index in [0.717, 1.165) is 29.5 Å². The smallest absolute Gasteiger partial charge is 0.128 e. The Kier molecular flexibility index (Phi) is 4.59. The van der Waals surface area contributed by atoms with Crippen molar-refractivity contribution in [3.8, 4) is 17.0 Å². The zero-order valence-corrected chi connectivity index (χ0v) is 12.7. The number of aromatic amines is 1. The van der Waals surface area contributed by atoms with Gasteiger partial charge in [0.1, 0.15) is 5.75 Å². The number of hydrogen-bond donors (Lipinski definition) is 1. The number of para-hydroxylation sites is 1. The van der Waals surface area contributed by atoms with Gasteiger partial charge in [-0.25, -0.2) is 4.98 Å². The highest BCUT2D eigenvalue weighted by Crippen LogP contribution is 2.32. The maximum absolute atomic E-state index is 6.12. The van der Waals surface area contributed by atoms with Gasteiger partial charge in [0, 0.05) is 11.8 Å². The van der Waals surface area contributed by atoms with Crippen molar-refractivity contribution >= 4 is 0 Å². The Hall–Kier alpha value is -1.77. The summed E-state index contributed by atoms with van der Waals surface area (Å²) in [5, 5.41) is 0. The van der Waals surface area contributed by atoms with Crippen LogP contribution < -0.4 is 4.74 Å². The summed E-state index contributed by atoms with van der Waals surface area (Å²) >= 11 is 0. The van der Waals surface area contributed by atoms with Gasteiger partial charge in [0.15, 0.2) is 0 Å². The molecule has 1 heterocycles. The zero-order chi connectivity index (χ0) is 14.5. The molecule has 21 heavy (non-hydrogen) atoms. The van der Waals surface area contributed by atoms with Crippen LogP contribution in [0.15, 0.2) is 36.8 Å². The van der Waals surface area contributed by atoms with E-state index < -0.39 is 0 Å². The van der Waals surface area contributed by atoms with Crippen molar-refractivity contribution in [2.45, 2.75) is 39.0 Å². The molecule has 0 amide bonds. The molecule has 1 aliphatic carbocycles. The SMILES string of the molecule is CC(COc1ccccc1-c1c[nH]cn1)C1CCCCC1. The summed E-state index contributed by atoms with van der Waals surface area (Å²) in [5.74, 6) is 2.39. The van der Waals surface area contributed by atoms with Crippen molar-refractivity contribution in [2.75, 3.05) is 6.61 Å². The van der Waals surface area contributed by atoms with E-state index in [1.165, 1.54) is 32.1 Å². The third kappa shape index (κ3) is 3.46. The summed E-state index contributed by atoms with van der Waals surface area (Å²) in [6.45, 7) is 3.12. The number of benzene rings is 1. The summed E-state index contributed by atoms with van der Waals surface area (Å²) in [4.78, 5) is 7.33. The fourth-order valence-electron chi connectivity index (χ4n) is 3.27. The Bertz CT molecular complexity index is 544. The predicted molar refractivity (Wildman–Crippen MR) is 85.3 cm³/mol. The molecule has 0 saturated heterocycles. The molecule has 1 unspecified atom stereocenters. The molecule has 0 spiro atoms. The summed E-state index contributed by atoms with van der Waals surface area (Å²) in [7, 11) is 0. The van der Waals surface area contributed by atoms with Crippen LogP contribution in [0.2, 0.25) is 0 Å². The molecule has 3 nitrogen and oxygen atoms in total. The second-order valence-corrected chi connectivity index (χ2v) is 6.14. The normalized spacial score (nSPS) is 17.6. The Morgan fingerprint density at radius 1 is 1.24 bits per heavy atom. The lowest BCUT2D eigenvalue weighted by atomic mass is 9.81. The fraction of sp³-hybridized carbons (Fsp3) is 0.500. The average molecular weight is 284 g/mol. The van der Waals surface area contributed by atoms with Crippen LogP contribution in [0.1, 0.15) is 39.0 Å². The molecule has 3 rings (SSSR count). The Labute approximate surface area is 126 Å². The highest BCUT2D eigenvalue weighted by molar-refractivity contribution is 5.66. The molecule has 1 fully saturated rings. The third-order valence-corrected chi connectivity index (χ3v) is 4.62. The first kappa shape index (κ1) is 14.2. The van der Waals surface area contributed by atoms with Gasteiger partial charge in [-0.3, -0.25) is 0 Å². The first-order valence-corrected chi connectivity index (χ1v) is 8.05. The van der Waals surface area contributed by atoms with Crippen LogP contribution in [0.25, 0.3) is 11.3 Å². The van der Waals surface area contributed by atoms with Crippen LogP contribution in [-0.4, -0.2) is 16.6 Å². The lowest BCUT2D eigenvalue weighted by Gasteiger charge is -2.27. The van der Waals surface area contributed by atoms with Crippen molar-refractivity contribution in [1.29, 1.82) is 0 Å². The first-order chi connectivity index (χ1) is 10.3. The standard InChI is InChI=1S/C18H24N2O/c1-14(15-7-3-2-4-8-15)12-21-18-10-6-5-9-16(18)17-11-19-13-20-17/h5-6,9-11,13-15H,2-4,7-8,12H2,1H3,(H,19,20). The van der Waals surface area contributed by atoms with E-state index in [2.05, 4.69) is 23.0 Å². The average Bonchev–Trinajstić information content (AvgIpc) is 3.08. The molecule has 2 aromatic rings. The molecule has 1 N–H and O–H groups in total. The second kappa shape index (κ2) is 6.79. The number of ether oxygens (including phenoxy) is 1. The van der Waals surface area contributed by atoms with Crippen LogP contribution in [0, 0.1) is 11.8 Å². The number of hydrogen-bond acceptors (Lipinski definition) is 2. The highest BCUT2D eigenvalue weighted by atomic mass is 16.5. The highest BCUT2D eigenvalue weighted by Gasteiger charge is 2.21. The molecule has 1 aliphatic rings. The van der Waals surface area contributed by atoms with E-state index in [1.807, 2.05) is 24.4 Å². The predicted octanol–water partition coefficient (Wildman–Crippen LogP) is 4.67. The van der Waals surface area contributed by atoms with E-state index in [4.69, 9.17) is 4.74 Å². The van der Waals surface area contributed by atoms with Gasteiger partial charge in [0.25, 0.3) is 0 Å². The number of imidazole rings is 1. The van der Waals surface area contributed by atoms with E-state index in [-0.39, 0.29) is 0 Å². The van der Waals surface area contributed by atoms with Crippen molar-refractivity contribution in [3.63, 3.8) is 0 Å². The zero-order valence-electron chi connectivity index (χ0n) is 12.7. The van der Waals surface area contributed by atoms with Gasteiger partial charge in [-0.2, -0.15) is 0 Å². The van der Waals surface area contributed by atoms with Gasteiger partial charge in [0.2, 0.25) is 0 Å². The number of nitrogens with zero attached hydrogens (tertiary/aromatic N) is 1. The number of H-pyrrole nitrogens is 1. The molecular formula is C18H24N2O. The van der Waals surface area contributed by atoms with Crippen molar-refractivity contribution in [1.82, 2.24) is 9.97 Å². The topological polar surface area (TPSA) is 37.9 Å². The minimum Gasteiger partial charge on any atom is -0.493 e. The summed E-state index contributed by atoms with van der Waals surface area (Å²) in [6, 6.07) is 8.16. The molecule has 0 aliphatic heterocycles. The summed E-state index contributed by atoms with van der Waals surface area (Å²) in [6.07, 6.45) is 10.5. The Morgan fingerprint density at radius 3 is 2.81 bits per heavy atom. The molecule has 0 bridgehead atoms. The Balaban J connectivity index is 1.65.